The number of para-hydroxylation sites is 3. The Morgan fingerprint density at radius 3 is 2.05 bits per heavy atom. The van der Waals surface area contributed by atoms with Crippen molar-refractivity contribution in [3.05, 3.63) is 145 Å². The lowest BCUT2D eigenvalue weighted by molar-refractivity contribution is 0.464. The highest BCUT2D eigenvalue weighted by Crippen LogP contribution is 2.45. The quantitative estimate of drug-likeness (QED) is 0.219. The van der Waals surface area contributed by atoms with Gasteiger partial charge in [-0.25, -0.2) is 0 Å². The van der Waals surface area contributed by atoms with Crippen LogP contribution in [0.5, 0.6) is 23.0 Å². The summed E-state index contributed by atoms with van der Waals surface area (Å²) in [4.78, 5) is 2.39. The summed E-state index contributed by atoms with van der Waals surface area (Å²) in [7, 11) is 0. The monoisotopic (exact) mass is 525 g/mol. The first-order valence-electron chi connectivity index (χ1n) is 14.1. The lowest BCUT2D eigenvalue weighted by Gasteiger charge is -2.34. The molecule has 4 heteroatoms. The van der Waals surface area contributed by atoms with Crippen molar-refractivity contribution in [2.45, 2.75) is 6.42 Å². The summed E-state index contributed by atoms with van der Waals surface area (Å²) in [6.07, 6.45) is 0.921. The molecule has 0 saturated carbocycles. The fourth-order valence-corrected chi connectivity index (χ4v) is 6.72. The van der Waals surface area contributed by atoms with Gasteiger partial charge in [-0.2, -0.15) is 0 Å². The third-order valence-corrected chi connectivity index (χ3v) is 8.60. The van der Waals surface area contributed by atoms with E-state index in [9.17, 15) is 0 Å². The molecular weight excluding hydrogens is 501 g/mol. The van der Waals surface area contributed by atoms with Crippen molar-refractivity contribution in [1.29, 1.82) is 0 Å². The van der Waals surface area contributed by atoms with Gasteiger partial charge in [0.25, 0.3) is 6.71 Å². The largest absolute Gasteiger partial charge is 0.458 e. The van der Waals surface area contributed by atoms with Gasteiger partial charge in [0.05, 0.1) is 5.69 Å². The molecule has 0 saturated heterocycles. The zero-order chi connectivity index (χ0) is 26.9. The molecule has 41 heavy (non-hydrogen) atoms. The molecular formula is C37H24BNO2. The Kier molecular flexibility index (Phi) is 4.76. The van der Waals surface area contributed by atoms with Gasteiger partial charge in [-0.15, -0.1) is 0 Å². The summed E-state index contributed by atoms with van der Waals surface area (Å²) >= 11 is 0. The second-order valence-corrected chi connectivity index (χ2v) is 10.9. The molecule has 3 heterocycles. The van der Waals surface area contributed by atoms with Crippen molar-refractivity contribution in [3.8, 4) is 34.1 Å². The number of benzene rings is 6. The summed E-state index contributed by atoms with van der Waals surface area (Å²) in [6, 6.07) is 47.3. The molecule has 6 aromatic rings. The highest BCUT2D eigenvalue weighted by atomic mass is 16.5. The van der Waals surface area contributed by atoms with Crippen LogP contribution < -0.4 is 30.8 Å². The smallest absolute Gasteiger partial charge is 0.260 e. The van der Waals surface area contributed by atoms with Crippen molar-refractivity contribution in [2.24, 2.45) is 0 Å². The van der Waals surface area contributed by atoms with Crippen LogP contribution in [0.3, 0.4) is 0 Å². The maximum Gasteiger partial charge on any atom is 0.260 e. The number of hydrogen-bond donors (Lipinski definition) is 0. The number of nitrogens with zero attached hydrogens (tertiary/aromatic N) is 1. The fraction of sp³-hybridized carbons (Fsp3) is 0.0270. The van der Waals surface area contributed by atoms with Gasteiger partial charge in [-0.1, -0.05) is 84.9 Å². The molecule has 6 aromatic carbocycles. The normalized spacial score (nSPS) is 13.6. The van der Waals surface area contributed by atoms with Crippen LogP contribution in [0, 0.1) is 0 Å². The average Bonchev–Trinajstić information content (AvgIpc) is 3.03. The minimum Gasteiger partial charge on any atom is -0.458 e. The molecule has 3 aliphatic heterocycles. The maximum atomic E-state index is 6.56. The van der Waals surface area contributed by atoms with Crippen LogP contribution >= 0.6 is 0 Å². The molecule has 0 spiro atoms. The predicted molar refractivity (Wildman–Crippen MR) is 167 cm³/mol. The lowest BCUT2D eigenvalue weighted by atomic mass is 9.35. The number of anilines is 3. The molecule has 0 unspecified atom stereocenters. The molecule has 0 fully saturated rings. The zero-order valence-electron chi connectivity index (χ0n) is 22.2. The number of fused-ring (bicyclic) bond motifs is 6. The summed E-state index contributed by atoms with van der Waals surface area (Å²) in [5, 5.41) is 0. The Balaban J connectivity index is 1.17. The van der Waals surface area contributed by atoms with Crippen LogP contribution in [-0.2, 0) is 6.42 Å². The highest BCUT2D eigenvalue weighted by molar-refractivity contribution is 6.98. The van der Waals surface area contributed by atoms with Crippen LogP contribution in [0.4, 0.5) is 17.1 Å². The molecule has 0 bridgehead atoms. The van der Waals surface area contributed by atoms with Crippen molar-refractivity contribution in [2.75, 3.05) is 4.90 Å². The predicted octanol–water partition coefficient (Wildman–Crippen LogP) is 7.46. The summed E-state index contributed by atoms with van der Waals surface area (Å²) in [5.74, 6) is 3.55. The van der Waals surface area contributed by atoms with Gasteiger partial charge in [0, 0.05) is 23.3 Å². The number of rotatable bonds is 2. The zero-order valence-corrected chi connectivity index (χ0v) is 22.2. The third kappa shape index (κ3) is 3.41. The maximum absolute atomic E-state index is 6.56. The van der Waals surface area contributed by atoms with Crippen LogP contribution in [0.1, 0.15) is 11.1 Å². The van der Waals surface area contributed by atoms with Crippen molar-refractivity contribution >= 4 is 40.2 Å². The minimum absolute atomic E-state index is 0.0811. The Labute approximate surface area is 239 Å². The van der Waals surface area contributed by atoms with Crippen LogP contribution in [0.25, 0.3) is 11.1 Å². The van der Waals surface area contributed by atoms with E-state index in [-0.39, 0.29) is 6.71 Å². The molecule has 3 aliphatic rings. The molecule has 3 nitrogen and oxygen atoms in total. The van der Waals surface area contributed by atoms with E-state index >= 15 is 0 Å². The molecule has 192 valence electrons. The molecule has 0 aliphatic carbocycles. The van der Waals surface area contributed by atoms with Crippen LogP contribution in [0.15, 0.2) is 133 Å². The molecule has 0 amide bonds. The second-order valence-electron chi connectivity index (χ2n) is 10.9. The summed E-state index contributed by atoms with van der Waals surface area (Å²) in [6.45, 7) is 0.0811. The Morgan fingerprint density at radius 1 is 0.488 bits per heavy atom. The SMILES string of the molecule is c1ccc(N2c3ccccc3Cc3ccc(-c4ccc5c(c4)Oc4cccc6c4B5c4ccccc4O6)cc32)cc1. The summed E-state index contributed by atoms with van der Waals surface area (Å²) < 4.78 is 12.8. The average molecular weight is 525 g/mol. The van der Waals surface area contributed by atoms with Crippen molar-refractivity contribution in [1.82, 2.24) is 0 Å². The van der Waals surface area contributed by atoms with Gasteiger partial charge in [0.2, 0.25) is 0 Å². The van der Waals surface area contributed by atoms with E-state index in [0.717, 1.165) is 46.1 Å². The van der Waals surface area contributed by atoms with E-state index in [0.29, 0.717) is 0 Å². The minimum atomic E-state index is 0.0811. The molecule has 0 aromatic heterocycles. The first kappa shape index (κ1) is 22.6. The lowest BCUT2D eigenvalue weighted by Crippen LogP contribution is -2.57. The van der Waals surface area contributed by atoms with E-state index in [4.69, 9.17) is 9.47 Å². The second kappa shape index (κ2) is 8.64. The fourth-order valence-electron chi connectivity index (χ4n) is 6.72. The number of ether oxygens (including phenoxy) is 2. The van der Waals surface area contributed by atoms with E-state index in [1.165, 1.54) is 39.0 Å². The van der Waals surface area contributed by atoms with Gasteiger partial charge >= 0.3 is 0 Å². The van der Waals surface area contributed by atoms with Crippen LogP contribution in [0.2, 0.25) is 0 Å². The van der Waals surface area contributed by atoms with Gasteiger partial charge < -0.3 is 14.4 Å². The Bertz CT molecular complexity index is 2000. The standard InChI is InChI=1S/C37H24BNO2/c1-2-10-28(11-3-1)39-31-13-6-4-9-26(31)21-27-18-17-24(22-32(27)39)25-19-20-30-36(23-25)41-35-16-8-15-34-37(35)38(30)29-12-5-7-14-33(29)40-34/h1-20,22-23H,21H2. The van der Waals surface area contributed by atoms with E-state index in [1.807, 2.05) is 24.3 Å². The highest BCUT2D eigenvalue weighted by Gasteiger charge is 2.39. The number of hydrogen-bond acceptors (Lipinski definition) is 3. The summed E-state index contributed by atoms with van der Waals surface area (Å²) in [5.41, 5.74) is 12.1. The van der Waals surface area contributed by atoms with E-state index in [1.54, 1.807) is 0 Å². The van der Waals surface area contributed by atoms with Crippen LogP contribution in [-0.4, -0.2) is 6.71 Å². The van der Waals surface area contributed by atoms with Gasteiger partial charge in [0.15, 0.2) is 0 Å². The molecule has 0 atom stereocenters. The Hall–Kier alpha value is -5.22. The Morgan fingerprint density at radius 2 is 1.15 bits per heavy atom. The van der Waals surface area contributed by atoms with Crippen molar-refractivity contribution < 1.29 is 9.47 Å². The first-order valence-corrected chi connectivity index (χ1v) is 14.1. The third-order valence-electron chi connectivity index (χ3n) is 8.60. The van der Waals surface area contributed by atoms with E-state index in [2.05, 4.69) is 114 Å². The molecule has 9 rings (SSSR count). The van der Waals surface area contributed by atoms with Gasteiger partial charge in [0.1, 0.15) is 23.0 Å². The van der Waals surface area contributed by atoms with Gasteiger partial charge in [-0.3, -0.25) is 0 Å². The van der Waals surface area contributed by atoms with Gasteiger partial charge in [-0.05, 0) is 81.7 Å². The van der Waals surface area contributed by atoms with E-state index < -0.39 is 0 Å². The van der Waals surface area contributed by atoms with Crippen molar-refractivity contribution in [3.63, 3.8) is 0 Å². The molecule has 0 N–H and O–H groups in total. The topological polar surface area (TPSA) is 21.7 Å². The first-order chi connectivity index (χ1) is 20.3. The molecule has 0 radical (unpaired) electrons.